The number of methoxy groups -OCH3 is 3. The number of aliphatic hydroxyl groups is 3. The van der Waals surface area contributed by atoms with Crippen molar-refractivity contribution in [3.63, 3.8) is 0 Å². The molecule has 50 heavy (non-hydrogen) atoms. The Bertz CT molecular complexity index is 1790. The Morgan fingerprint density at radius 1 is 1.02 bits per heavy atom. The van der Waals surface area contributed by atoms with E-state index in [-0.39, 0.29) is 46.5 Å². The average Bonchev–Trinajstić information content (AvgIpc) is 3.55. The first kappa shape index (κ1) is 34.3. The molecule has 3 heterocycles. The van der Waals surface area contributed by atoms with Crippen LogP contribution in [0.3, 0.4) is 0 Å². The zero-order valence-electron chi connectivity index (χ0n) is 29.1. The van der Waals surface area contributed by atoms with Crippen LogP contribution >= 0.6 is 0 Å². The number of para-hydroxylation sites is 1. The van der Waals surface area contributed by atoms with Gasteiger partial charge in [0.2, 0.25) is 0 Å². The van der Waals surface area contributed by atoms with Gasteiger partial charge in [0.25, 0.3) is 10.0 Å². The number of carbonyl (C=O) groups is 1. The van der Waals surface area contributed by atoms with Gasteiger partial charge in [-0.05, 0) is 68.5 Å². The second-order valence-electron chi connectivity index (χ2n) is 15.4. The highest BCUT2D eigenvalue weighted by molar-refractivity contribution is 7.92. The van der Waals surface area contributed by atoms with E-state index >= 15 is 0 Å². The van der Waals surface area contributed by atoms with Crippen LogP contribution in [-0.4, -0.2) is 109 Å². The van der Waals surface area contributed by atoms with Crippen LogP contribution in [0.4, 0.5) is 5.69 Å². The Hall–Kier alpha value is -2.78. The van der Waals surface area contributed by atoms with Gasteiger partial charge in [-0.15, -0.1) is 0 Å². The van der Waals surface area contributed by atoms with E-state index in [0.29, 0.717) is 37.9 Å². The molecule has 6 aliphatic rings. The molecule has 0 radical (unpaired) electrons. The molecule has 3 aliphatic carbocycles. The monoisotopic (exact) mass is 712 g/mol. The number of anilines is 1. The number of sulfonamides is 1. The third-order valence-electron chi connectivity index (χ3n) is 14.1. The molecule has 3 saturated heterocycles. The maximum Gasteiger partial charge on any atom is 0.340 e. The van der Waals surface area contributed by atoms with Crippen LogP contribution in [-0.2, 0) is 24.2 Å². The van der Waals surface area contributed by atoms with Gasteiger partial charge >= 0.3 is 5.97 Å². The van der Waals surface area contributed by atoms with E-state index in [4.69, 9.17) is 18.9 Å². The predicted molar refractivity (Wildman–Crippen MR) is 181 cm³/mol. The molecule has 0 amide bonds. The van der Waals surface area contributed by atoms with Crippen LogP contribution in [0.1, 0.15) is 62.7 Å². The minimum Gasteiger partial charge on any atom is -0.497 e. The second kappa shape index (κ2) is 11.4. The number of hydrogen-bond acceptors (Lipinski definition) is 11. The van der Waals surface area contributed by atoms with Gasteiger partial charge in [-0.2, -0.15) is 0 Å². The molecule has 6 fully saturated rings. The molecule has 8 rings (SSSR count). The molecular weight excluding hydrogens is 664 g/mol. The lowest BCUT2D eigenvalue weighted by molar-refractivity contribution is -0.343. The third-order valence-corrected chi connectivity index (χ3v) is 15.5. The minimum absolute atomic E-state index is 0.00893. The summed E-state index contributed by atoms with van der Waals surface area (Å²) < 4.78 is 53.4. The van der Waals surface area contributed by atoms with Gasteiger partial charge in [0, 0.05) is 56.4 Å². The van der Waals surface area contributed by atoms with E-state index in [0.717, 1.165) is 0 Å². The van der Waals surface area contributed by atoms with Crippen molar-refractivity contribution < 1.29 is 47.5 Å². The van der Waals surface area contributed by atoms with E-state index in [1.807, 2.05) is 0 Å². The smallest absolute Gasteiger partial charge is 0.340 e. The maximum absolute atomic E-state index is 14.5. The van der Waals surface area contributed by atoms with Crippen LogP contribution in [0.5, 0.6) is 5.75 Å². The lowest BCUT2D eigenvalue weighted by Crippen LogP contribution is -2.87. The summed E-state index contributed by atoms with van der Waals surface area (Å²) in [7, 11) is 0.620. The van der Waals surface area contributed by atoms with Gasteiger partial charge in [-0.25, -0.2) is 13.2 Å². The molecule has 3 saturated carbocycles. The normalized spacial score (nSPS) is 45.2. The molecule has 5 unspecified atom stereocenters. The van der Waals surface area contributed by atoms with E-state index in [2.05, 4.69) is 23.5 Å². The van der Waals surface area contributed by atoms with Crippen molar-refractivity contribution in [2.24, 2.45) is 23.7 Å². The van der Waals surface area contributed by atoms with Crippen molar-refractivity contribution in [3.8, 4) is 5.75 Å². The average molecular weight is 713 g/mol. The zero-order chi connectivity index (χ0) is 35.6. The zero-order valence-corrected chi connectivity index (χ0v) is 29.9. The van der Waals surface area contributed by atoms with E-state index in [1.54, 1.807) is 44.6 Å². The number of fused-ring (bicyclic) bond motifs is 2. The molecule has 1 spiro atoms. The summed E-state index contributed by atoms with van der Waals surface area (Å²) in [5.41, 5.74) is -5.12. The summed E-state index contributed by atoms with van der Waals surface area (Å²) in [5, 5.41) is 38.0. The minimum atomic E-state index is -4.07. The lowest BCUT2D eigenvalue weighted by atomic mass is 9.48. The lowest BCUT2D eigenvalue weighted by Gasteiger charge is -2.72. The van der Waals surface area contributed by atoms with Crippen LogP contribution in [0.2, 0.25) is 0 Å². The van der Waals surface area contributed by atoms with Crippen LogP contribution in [0.15, 0.2) is 53.4 Å². The highest BCUT2D eigenvalue weighted by atomic mass is 32.2. The Kier molecular flexibility index (Phi) is 7.79. The van der Waals surface area contributed by atoms with Gasteiger partial charge in [-0.1, -0.05) is 26.0 Å². The molecule has 2 aromatic carbocycles. The third kappa shape index (κ3) is 4.02. The predicted octanol–water partition coefficient (Wildman–Crippen LogP) is 2.95. The van der Waals surface area contributed by atoms with Crippen molar-refractivity contribution in [3.05, 3.63) is 54.1 Å². The second-order valence-corrected chi connectivity index (χ2v) is 17.1. The summed E-state index contributed by atoms with van der Waals surface area (Å²) >= 11 is 0. The summed E-state index contributed by atoms with van der Waals surface area (Å²) in [4.78, 5) is 16.8. The van der Waals surface area contributed by atoms with Gasteiger partial charge in [-0.3, -0.25) is 9.62 Å². The fourth-order valence-corrected chi connectivity index (χ4v) is 13.4. The number of ether oxygens (including phenoxy) is 4. The number of esters is 1. The molecule has 272 valence electrons. The quantitative estimate of drug-likeness (QED) is 0.283. The fourth-order valence-electron chi connectivity index (χ4n) is 12.3. The largest absolute Gasteiger partial charge is 0.497 e. The number of nitrogens with one attached hydrogen (secondary N) is 1. The number of benzene rings is 2. The summed E-state index contributed by atoms with van der Waals surface area (Å²) in [6.45, 7) is 4.16. The first-order valence-corrected chi connectivity index (χ1v) is 19.2. The number of carbonyl (C=O) groups excluding carboxylic acids is 1. The SMILES string of the molecule is CC[C@@H]1[C@@H](C)[C@]2(OC(=O)c3ccccc3NS(=O)(=O)c3ccc(OC)cc3)CC[C@H](O)C34C2CC(N13)[C@@]1(O)C[C@H](OC)[C@H]2CC4[C@]1(O)[C@H]2OC. The Morgan fingerprint density at radius 2 is 1.74 bits per heavy atom. The first-order chi connectivity index (χ1) is 23.8. The summed E-state index contributed by atoms with van der Waals surface area (Å²) in [6.07, 6.45) is 0.665. The van der Waals surface area contributed by atoms with Crippen LogP contribution in [0, 0.1) is 23.7 Å². The fraction of sp³-hybridized carbons (Fsp3) is 0.649. The molecule has 2 aromatic rings. The molecule has 0 aromatic heterocycles. The molecule has 4 N–H and O–H groups in total. The highest BCUT2D eigenvalue weighted by Gasteiger charge is 2.89. The van der Waals surface area contributed by atoms with Crippen LogP contribution < -0.4 is 9.46 Å². The van der Waals surface area contributed by atoms with Gasteiger partial charge in [0.15, 0.2) is 0 Å². The number of rotatable bonds is 9. The number of piperidine rings is 2. The maximum atomic E-state index is 14.5. The van der Waals surface area contributed by atoms with Gasteiger partial charge < -0.3 is 34.3 Å². The van der Waals surface area contributed by atoms with Crippen molar-refractivity contribution in [1.82, 2.24) is 4.90 Å². The Labute approximate surface area is 293 Å². The number of aliphatic hydroxyl groups excluding tert-OH is 1. The van der Waals surface area contributed by atoms with Gasteiger partial charge in [0.05, 0.1) is 47.1 Å². The van der Waals surface area contributed by atoms with Crippen molar-refractivity contribution in [2.45, 2.75) is 110 Å². The Balaban J connectivity index is 1.20. The van der Waals surface area contributed by atoms with Gasteiger partial charge in [0.1, 0.15) is 22.6 Å². The van der Waals surface area contributed by atoms with Crippen molar-refractivity contribution in [1.29, 1.82) is 0 Å². The van der Waals surface area contributed by atoms with E-state index in [1.165, 1.54) is 25.3 Å². The summed E-state index contributed by atoms with van der Waals surface area (Å²) in [5.74, 6) is -1.52. The van der Waals surface area contributed by atoms with Crippen molar-refractivity contribution >= 4 is 21.7 Å². The van der Waals surface area contributed by atoms with Crippen molar-refractivity contribution in [2.75, 3.05) is 26.1 Å². The van der Waals surface area contributed by atoms with Crippen LogP contribution in [0.25, 0.3) is 0 Å². The first-order valence-electron chi connectivity index (χ1n) is 17.8. The topological polar surface area (TPSA) is 164 Å². The Morgan fingerprint density at radius 3 is 2.40 bits per heavy atom. The van der Waals surface area contributed by atoms with E-state index in [9.17, 15) is 28.5 Å². The molecule has 7 bridgehead atoms. The summed E-state index contributed by atoms with van der Waals surface area (Å²) in [6, 6.07) is 11.6. The number of nitrogens with zero attached hydrogens (tertiary/aromatic N) is 1. The molecule has 3 aliphatic heterocycles. The molecule has 13 heteroatoms. The standard InChI is InChI=1S/C37H48N2O10S/c1-6-26-20(2)34(49-33(41)23-9-7-8-10-25(23)38-50(44,45)22-13-11-21(46-3)12-14-22)16-15-31(40)36-28(34)18-30(39(26)36)35(42)19-27(47-4)24-17-29(36)37(35,43)32(24)48-5/h7-14,20,24,26-32,38,40,42-43H,6,15-19H2,1-5H3/t20-,24-,26-,27+,28?,29?,30?,31+,32+,34-,35+,36?,37+/m1/s1. The molecule has 12 nitrogen and oxygen atoms in total. The highest BCUT2D eigenvalue weighted by Crippen LogP contribution is 2.76. The molecular formula is C37H48N2O10S. The van der Waals surface area contributed by atoms with E-state index < -0.39 is 68.4 Å². The number of hydrogen-bond donors (Lipinski definition) is 4. The molecule has 14 atom stereocenters.